The van der Waals surface area contributed by atoms with Gasteiger partial charge in [0.2, 0.25) is 0 Å². The normalized spacial score (nSPS) is 10.6. The third kappa shape index (κ3) is 3.10. The third-order valence-electron chi connectivity index (χ3n) is 2.86. The van der Waals surface area contributed by atoms with Gasteiger partial charge in [0.25, 0.3) is 0 Å². The molecule has 2 aromatic carbocycles. The average molecular weight is 252 g/mol. The second-order valence-corrected chi connectivity index (χ2v) is 4.20. The molecule has 2 rings (SSSR count). The van der Waals surface area contributed by atoms with Gasteiger partial charge in [-0.1, -0.05) is 42.5 Å². The fraction of sp³-hybridized carbons (Fsp3) is 0.118. The highest BCUT2D eigenvalue weighted by atomic mass is 16.5. The molecule has 0 amide bonds. The van der Waals surface area contributed by atoms with Crippen LogP contribution < -0.4 is 0 Å². The topological polar surface area (TPSA) is 26.3 Å². The second-order valence-electron chi connectivity index (χ2n) is 4.20. The Kier molecular flexibility index (Phi) is 4.14. The molecule has 2 nitrogen and oxygen atoms in total. The van der Waals surface area contributed by atoms with Gasteiger partial charge in [-0.3, -0.25) is 0 Å². The molecular weight excluding hydrogens is 236 g/mol. The van der Waals surface area contributed by atoms with Crippen molar-refractivity contribution in [1.29, 1.82) is 0 Å². The lowest BCUT2D eigenvalue weighted by atomic mass is 10.0. The first-order valence-corrected chi connectivity index (χ1v) is 6.16. The van der Waals surface area contributed by atoms with Crippen molar-refractivity contribution < 1.29 is 9.53 Å². The molecule has 0 unspecified atom stereocenters. The van der Waals surface area contributed by atoms with Gasteiger partial charge in [0.05, 0.1) is 12.7 Å². The smallest absolute Gasteiger partial charge is 0.337 e. The molecule has 0 bridgehead atoms. The fourth-order valence-corrected chi connectivity index (χ4v) is 1.96. The van der Waals surface area contributed by atoms with Crippen LogP contribution in [0.5, 0.6) is 0 Å². The number of hydrogen-bond donors (Lipinski definition) is 0. The Balaban J connectivity index is 2.41. The number of esters is 1. The molecule has 0 N–H and O–H groups in total. The van der Waals surface area contributed by atoms with Crippen LogP contribution in [0.15, 0.2) is 54.6 Å². The van der Waals surface area contributed by atoms with Crippen LogP contribution in [0.25, 0.3) is 17.2 Å². The van der Waals surface area contributed by atoms with Crippen molar-refractivity contribution in [2.45, 2.75) is 6.92 Å². The Bertz CT molecular complexity index is 612. The zero-order valence-electron chi connectivity index (χ0n) is 11.1. The molecular formula is C17H16O2. The van der Waals surface area contributed by atoms with E-state index in [9.17, 15) is 4.79 Å². The van der Waals surface area contributed by atoms with Crippen LogP contribution in [0.2, 0.25) is 0 Å². The van der Waals surface area contributed by atoms with Crippen molar-refractivity contribution in [1.82, 2.24) is 0 Å². The van der Waals surface area contributed by atoms with E-state index in [0.717, 1.165) is 16.7 Å². The summed E-state index contributed by atoms with van der Waals surface area (Å²) >= 11 is 0. The van der Waals surface area contributed by atoms with Gasteiger partial charge < -0.3 is 4.74 Å². The molecule has 2 heteroatoms. The summed E-state index contributed by atoms with van der Waals surface area (Å²) in [6.07, 6.45) is 4.05. The largest absolute Gasteiger partial charge is 0.465 e. The minimum atomic E-state index is -0.313. The van der Waals surface area contributed by atoms with E-state index in [1.165, 1.54) is 7.11 Å². The van der Waals surface area contributed by atoms with E-state index in [4.69, 9.17) is 4.74 Å². The summed E-state index contributed by atoms with van der Waals surface area (Å²) in [4.78, 5) is 11.5. The van der Waals surface area contributed by atoms with Crippen molar-refractivity contribution in [3.8, 4) is 11.1 Å². The van der Waals surface area contributed by atoms with Gasteiger partial charge in [0.1, 0.15) is 0 Å². The lowest BCUT2D eigenvalue weighted by Crippen LogP contribution is -2.00. The van der Waals surface area contributed by atoms with Crippen molar-refractivity contribution in [2.75, 3.05) is 7.11 Å². The molecule has 0 spiro atoms. The molecule has 0 aliphatic rings. The molecule has 2 aromatic rings. The molecule has 0 fully saturated rings. The average Bonchev–Trinajstić information content (AvgIpc) is 2.47. The SMILES string of the molecule is CC=Cc1cccc(-c2cccc(C(=O)OC)c2)c1. The molecule has 19 heavy (non-hydrogen) atoms. The predicted octanol–water partition coefficient (Wildman–Crippen LogP) is 4.17. The van der Waals surface area contributed by atoms with Crippen molar-refractivity contribution in [2.24, 2.45) is 0 Å². The lowest BCUT2D eigenvalue weighted by molar-refractivity contribution is 0.0601. The number of rotatable bonds is 3. The highest BCUT2D eigenvalue weighted by Crippen LogP contribution is 2.22. The zero-order chi connectivity index (χ0) is 13.7. The monoisotopic (exact) mass is 252 g/mol. The Morgan fingerprint density at radius 3 is 2.42 bits per heavy atom. The summed E-state index contributed by atoms with van der Waals surface area (Å²) in [5.74, 6) is -0.313. The van der Waals surface area contributed by atoms with Gasteiger partial charge >= 0.3 is 5.97 Å². The molecule has 0 heterocycles. The van der Waals surface area contributed by atoms with E-state index in [1.54, 1.807) is 6.07 Å². The third-order valence-corrected chi connectivity index (χ3v) is 2.86. The predicted molar refractivity (Wildman–Crippen MR) is 77.9 cm³/mol. The molecule has 0 atom stereocenters. The second kappa shape index (κ2) is 6.01. The van der Waals surface area contributed by atoms with Crippen LogP contribution in [0.3, 0.4) is 0 Å². The van der Waals surface area contributed by atoms with Crippen LogP contribution in [0, 0.1) is 0 Å². The maximum atomic E-state index is 11.5. The highest BCUT2D eigenvalue weighted by molar-refractivity contribution is 5.91. The van der Waals surface area contributed by atoms with Crippen LogP contribution in [-0.4, -0.2) is 13.1 Å². The van der Waals surface area contributed by atoms with E-state index in [1.807, 2.05) is 55.5 Å². The maximum Gasteiger partial charge on any atom is 0.337 e. The van der Waals surface area contributed by atoms with Gasteiger partial charge in [-0.25, -0.2) is 4.79 Å². The Hall–Kier alpha value is -2.35. The highest BCUT2D eigenvalue weighted by Gasteiger charge is 2.06. The van der Waals surface area contributed by atoms with E-state index < -0.39 is 0 Å². The van der Waals surface area contributed by atoms with Crippen LogP contribution >= 0.6 is 0 Å². The minimum Gasteiger partial charge on any atom is -0.465 e. The number of allylic oxidation sites excluding steroid dienone is 1. The van der Waals surface area contributed by atoms with E-state index in [2.05, 4.69) is 6.07 Å². The number of carbonyl (C=O) groups excluding carboxylic acids is 1. The molecule has 0 radical (unpaired) electrons. The first-order chi connectivity index (χ1) is 9.24. The van der Waals surface area contributed by atoms with Crippen LogP contribution in [-0.2, 0) is 4.74 Å². The standard InChI is InChI=1S/C17H16O2/c1-3-6-13-7-4-8-14(11-13)15-9-5-10-16(12-15)17(18)19-2/h3-12H,1-2H3. The lowest BCUT2D eigenvalue weighted by Gasteiger charge is -2.05. The fourth-order valence-electron chi connectivity index (χ4n) is 1.96. The molecule has 0 aliphatic carbocycles. The summed E-state index contributed by atoms with van der Waals surface area (Å²) in [5, 5.41) is 0. The van der Waals surface area contributed by atoms with Gasteiger partial charge in [0, 0.05) is 0 Å². The van der Waals surface area contributed by atoms with Crippen molar-refractivity contribution >= 4 is 12.0 Å². The first-order valence-electron chi connectivity index (χ1n) is 6.16. The number of benzene rings is 2. The van der Waals surface area contributed by atoms with E-state index in [-0.39, 0.29) is 5.97 Å². The van der Waals surface area contributed by atoms with Gasteiger partial charge in [0.15, 0.2) is 0 Å². The summed E-state index contributed by atoms with van der Waals surface area (Å²) < 4.78 is 4.74. The number of hydrogen-bond acceptors (Lipinski definition) is 2. The summed E-state index contributed by atoms with van der Waals surface area (Å²) in [6, 6.07) is 15.6. The maximum absolute atomic E-state index is 11.5. The summed E-state index contributed by atoms with van der Waals surface area (Å²) in [7, 11) is 1.39. The van der Waals surface area contributed by atoms with Crippen molar-refractivity contribution in [3.05, 3.63) is 65.7 Å². The van der Waals surface area contributed by atoms with Crippen LogP contribution in [0.4, 0.5) is 0 Å². The molecule has 0 saturated heterocycles. The Labute approximate surface area is 113 Å². The number of ether oxygens (including phenoxy) is 1. The number of methoxy groups -OCH3 is 1. The Morgan fingerprint density at radius 1 is 1.05 bits per heavy atom. The zero-order valence-corrected chi connectivity index (χ0v) is 11.1. The minimum absolute atomic E-state index is 0.313. The van der Waals surface area contributed by atoms with E-state index >= 15 is 0 Å². The molecule has 0 aliphatic heterocycles. The Morgan fingerprint density at radius 2 is 1.74 bits per heavy atom. The molecule has 96 valence electrons. The van der Waals surface area contributed by atoms with E-state index in [0.29, 0.717) is 5.56 Å². The summed E-state index contributed by atoms with van der Waals surface area (Å²) in [6.45, 7) is 1.99. The van der Waals surface area contributed by atoms with Gasteiger partial charge in [-0.2, -0.15) is 0 Å². The first kappa shape index (κ1) is 13.1. The number of carbonyl (C=O) groups is 1. The van der Waals surface area contributed by atoms with Crippen LogP contribution in [0.1, 0.15) is 22.8 Å². The van der Waals surface area contributed by atoms with Gasteiger partial charge in [-0.05, 0) is 41.8 Å². The summed E-state index contributed by atoms with van der Waals surface area (Å²) in [5.41, 5.74) is 3.80. The molecule has 0 aromatic heterocycles. The quantitative estimate of drug-likeness (QED) is 0.766. The van der Waals surface area contributed by atoms with Gasteiger partial charge in [-0.15, -0.1) is 0 Å². The van der Waals surface area contributed by atoms with Crippen molar-refractivity contribution in [3.63, 3.8) is 0 Å². The molecule has 0 saturated carbocycles.